The third kappa shape index (κ3) is 6.08. The van der Waals surface area contributed by atoms with Gasteiger partial charge in [0, 0.05) is 38.5 Å². The maximum atomic E-state index is 12.2. The van der Waals surface area contributed by atoms with Crippen molar-refractivity contribution in [1.29, 1.82) is 0 Å². The number of urea groups is 1. The zero-order valence-electron chi connectivity index (χ0n) is 16.2. The fourth-order valence-electron chi connectivity index (χ4n) is 3.51. The number of likely N-dealkylation sites (tertiary alicyclic amines) is 1. The molecule has 0 unspecified atom stereocenters. The van der Waals surface area contributed by atoms with E-state index in [0.717, 1.165) is 43.7 Å². The van der Waals surface area contributed by atoms with Gasteiger partial charge in [-0.15, -0.1) is 0 Å². The second-order valence-corrected chi connectivity index (χ2v) is 7.27. The highest BCUT2D eigenvalue weighted by Crippen LogP contribution is 2.15. The third-order valence-corrected chi connectivity index (χ3v) is 4.93. The molecule has 2 aromatic carbocycles. The molecular weight excluding hydrogens is 338 g/mol. The number of methoxy groups -OCH3 is 1. The molecule has 1 fully saturated rings. The van der Waals surface area contributed by atoms with Gasteiger partial charge in [-0.2, -0.15) is 0 Å². The summed E-state index contributed by atoms with van der Waals surface area (Å²) in [6, 6.07) is 16.5. The molecule has 5 nitrogen and oxygen atoms in total. The number of aryl methyl sites for hydroxylation is 1. The summed E-state index contributed by atoms with van der Waals surface area (Å²) in [7, 11) is 1.67. The number of anilines is 1. The molecule has 0 atom stereocenters. The zero-order chi connectivity index (χ0) is 19.1. The van der Waals surface area contributed by atoms with Crippen LogP contribution in [0.15, 0.2) is 48.5 Å². The van der Waals surface area contributed by atoms with E-state index in [1.807, 2.05) is 24.3 Å². The van der Waals surface area contributed by atoms with Gasteiger partial charge in [-0.1, -0.05) is 42.0 Å². The fourth-order valence-corrected chi connectivity index (χ4v) is 3.51. The Morgan fingerprint density at radius 1 is 1.11 bits per heavy atom. The summed E-state index contributed by atoms with van der Waals surface area (Å²) < 4.78 is 5.10. The lowest BCUT2D eigenvalue weighted by molar-refractivity contribution is 0.185. The lowest BCUT2D eigenvalue weighted by Gasteiger charge is -2.32. The number of nitrogens with one attached hydrogen (secondary N) is 2. The number of hydrogen-bond donors (Lipinski definition) is 2. The predicted octanol–water partition coefficient (Wildman–Crippen LogP) is 3.93. The van der Waals surface area contributed by atoms with Gasteiger partial charge in [0.25, 0.3) is 0 Å². The van der Waals surface area contributed by atoms with Crippen molar-refractivity contribution in [3.8, 4) is 0 Å². The van der Waals surface area contributed by atoms with Crippen LogP contribution in [-0.4, -0.2) is 37.2 Å². The van der Waals surface area contributed by atoms with Crippen LogP contribution in [0.25, 0.3) is 0 Å². The van der Waals surface area contributed by atoms with E-state index in [1.165, 1.54) is 11.1 Å². The van der Waals surface area contributed by atoms with E-state index in [-0.39, 0.29) is 12.1 Å². The Morgan fingerprint density at radius 3 is 2.52 bits per heavy atom. The Bertz CT molecular complexity index is 737. The first-order valence-corrected chi connectivity index (χ1v) is 9.55. The van der Waals surface area contributed by atoms with Gasteiger partial charge in [0.15, 0.2) is 0 Å². The molecule has 3 rings (SSSR count). The monoisotopic (exact) mass is 367 g/mol. The first-order valence-electron chi connectivity index (χ1n) is 9.55. The van der Waals surface area contributed by atoms with Gasteiger partial charge >= 0.3 is 6.03 Å². The van der Waals surface area contributed by atoms with Crippen LogP contribution in [0.1, 0.15) is 29.5 Å². The van der Waals surface area contributed by atoms with Gasteiger partial charge in [-0.25, -0.2) is 4.79 Å². The highest BCUT2D eigenvalue weighted by Gasteiger charge is 2.20. The molecule has 5 heteroatoms. The average molecular weight is 367 g/mol. The molecule has 1 heterocycles. The quantitative estimate of drug-likeness (QED) is 0.813. The molecular formula is C22H29N3O2. The molecule has 2 amide bonds. The summed E-state index contributed by atoms with van der Waals surface area (Å²) in [6.45, 7) is 5.70. The lowest BCUT2D eigenvalue weighted by Crippen LogP contribution is -2.45. The second-order valence-electron chi connectivity index (χ2n) is 7.27. The maximum absolute atomic E-state index is 12.2. The predicted molar refractivity (Wildman–Crippen MR) is 109 cm³/mol. The summed E-state index contributed by atoms with van der Waals surface area (Å²) in [5, 5.41) is 6.01. The van der Waals surface area contributed by atoms with E-state index in [9.17, 15) is 4.79 Å². The largest absolute Gasteiger partial charge is 0.380 e. The Kier molecular flexibility index (Phi) is 6.85. The molecule has 0 aromatic heterocycles. The Morgan fingerprint density at radius 2 is 1.85 bits per heavy atom. The summed E-state index contributed by atoms with van der Waals surface area (Å²) in [5.74, 6) is 0. The van der Waals surface area contributed by atoms with E-state index in [2.05, 4.69) is 46.7 Å². The topological polar surface area (TPSA) is 53.6 Å². The van der Waals surface area contributed by atoms with Crippen molar-refractivity contribution in [3.05, 3.63) is 65.2 Å². The van der Waals surface area contributed by atoms with Crippen LogP contribution < -0.4 is 10.6 Å². The van der Waals surface area contributed by atoms with Crippen LogP contribution in [0.4, 0.5) is 10.5 Å². The average Bonchev–Trinajstić information content (AvgIpc) is 2.65. The minimum absolute atomic E-state index is 0.133. The van der Waals surface area contributed by atoms with Crippen molar-refractivity contribution in [2.45, 2.75) is 39.0 Å². The summed E-state index contributed by atoms with van der Waals surface area (Å²) in [4.78, 5) is 14.7. The first kappa shape index (κ1) is 19.4. The number of amides is 2. The van der Waals surface area contributed by atoms with E-state index >= 15 is 0 Å². The van der Waals surface area contributed by atoms with Crippen LogP contribution in [-0.2, 0) is 17.9 Å². The van der Waals surface area contributed by atoms with E-state index in [4.69, 9.17) is 4.74 Å². The van der Waals surface area contributed by atoms with Crippen LogP contribution >= 0.6 is 0 Å². The number of piperidine rings is 1. The van der Waals surface area contributed by atoms with Crippen molar-refractivity contribution in [2.75, 3.05) is 25.5 Å². The zero-order valence-corrected chi connectivity index (χ0v) is 16.2. The second kappa shape index (κ2) is 9.53. The molecule has 144 valence electrons. The molecule has 0 bridgehead atoms. The Labute approximate surface area is 161 Å². The Balaban J connectivity index is 1.41. The molecule has 27 heavy (non-hydrogen) atoms. The number of hydrogen-bond acceptors (Lipinski definition) is 3. The van der Waals surface area contributed by atoms with E-state index in [1.54, 1.807) is 7.11 Å². The number of carbonyl (C=O) groups excluding carboxylic acids is 1. The number of rotatable bonds is 6. The maximum Gasteiger partial charge on any atom is 0.319 e. The van der Waals surface area contributed by atoms with E-state index in [0.29, 0.717) is 6.61 Å². The van der Waals surface area contributed by atoms with Gasteiger partial charge in [0.1, 0.15) is 0 Å². The summed E-state index contributed by atoms with van der Waals surface area (Å²) in [6.07, 6.45) is 1.96. The van der Waals surface area contributed by atoms with Crippen molar-refractivity contribution >= 4 is 11.7 Å². The van der Waals surface area contributed by atoms with Gasteiger partial charge in [-0.05, 0) is 43.0 Å². The van der Waals surface area contributed by atoms with Crippen LogP contribution in [0.3, 0.4) is 0 Å². The summed E-state index contributed by atoms with van der Waals surface area (Å²) >= 11 is 0. The van der Waals surface area contributed by atoms with Gasteiger partial charge in [0.2, 0.25) is 0 Å². The van der Waals surface area contributed by atoms with Gasteiger partial charge in [-0.3, -0.25) is 4.90 Å². The number of nitrogens with zero attached hydrogens (tertiary/aromatic N) is 1. The van der Waals surface area contributed by atoms with Gasteiger partial charge < -0.3 is 15.4 Å². The molecule has 2 N–H and O–H groups in total. The van der Waals surface area contributed by atoms with Crippen LogP contribution in [0.2, 0.25) is 0 Å². The molecule has 0 saturated carbocycles. The standard InChI is InChI=1S/C22H29N3O2/c1-17-4-3-5-19(14-17)15-25-12-10-21(11-13-25)24-22(26)23-20-8-6-18(7-9-20)16-27-2/h3-9,14,21H,10-13,15-16H2,1-2H3,(H2,23,24,26). The molecule has 0 aliphatic carbocycles. The third-order valence-electron chi connectivity index (χ3n) is 4.93. The van der Waals surface area contributed by atoms with Crippen molar-refractivity contribution in [2.24, 2.45) is 0 Å². The summed E-state index contributed by atoms with van der Waals surface area (Å²) in [5.41, 5.74) is 4.54. The van der Waals surface area contributed by atoms with Gasteiger partial charge in [0.05, 0.1) is 6.61 Å². The minimum atomic E-state index is -0.133. The lowest BCUT2D eigenvalue weighted by atomic mass is 10.0. The Hall–Kier alpha value is -2.37. The number of benzene rings is 2. The SMILES string of the molecule is COCc1ccc(NC(=O)NC2CCN(Cc3cccc(C)c3)CC2)cc1. The van der Waals surface area contributed by atoms with Crippen molar-refractivity contribution in [1.82, 2.24) is 10.2 Å². The smallest absolute Gasteiger partial charge is 0.319 e. The molecule has 0 spiro atoms. The fraction of sp³-hybridized carbons (Fsp3) is 0.409. The van der Waals surface area contributed by atoms with Crippen LogP contribution in [0.5, 0.6) is 0 Å². The van der Waals surface area contributed by atoms with Crippen molar-refractivity contribution < 1.29 is 9.53 Å². The number of carbonyl (C=O) groups is 1. The highest BCUT2D eigenvalue weighted by molar-refractivity contribution is 5.89. The van der Waals surface area contributed by atoms with Crippen molar-refractivity contribution in [3.63, 3.8) is 0 Å². The molecule has 1 aliphatic heterocycles. The number of ether oxygens (including phenoxy) is 1. The first-order chi connectivity index (χ1) is 13.1. The van der Waals surface area contributed by atoms with E-state index < -0.39 is 0 Å². The molecule has 1 saturated heterocycles. The molecule has 1 aliphatic rings. The highest BCUT2D eigenvalue weighted by atomic mass is 16.5. The minimum Gasteiger partial charge on any atom is -0.380 e. The molecule has 0 radical (unpaired) electrons. The molecule has 2 aromatic rings. The normalized spacial score (nSPS) is 15.5. The van der Waals surface area contributed by atoms with Crippen LogP contribution in [0, 0.1) is 6.92 Å².